The second-order valence-electron chi connectivity index (χ2n) is 7.03. The fourth-order valence-electron chi connectivity index (χ4n) is 3.55. The highest BCUT2D eigenvalue weighted by Gasteiger charge is 2.21. The number of hydrogen-bond acceptors (Lipinski definition) is 6. The SMILES string of the molecule is CCOc1cc(N2CCOCC2)c(OCC)cc1NC(=O)c1cc2cc(Cl)ccc2o1. The summed E-state index contributed by atoms with van der Waals surface area (Å²) < 4.78 is 22.9. The van der Waals surface area contributed by atoms with Gasteiger partial charge in [0, 0.05) is 35.6 Å². The van der Waals surface area contributed by atoms with Crippen molar-refractivity contribution in [2.45, 2.75) is 13.8 Å². The Hall–Kier alpha value is -2.90. The molecule has 0 bridgehead atoms. The lowest BCUT2D eigenvalue weighted by molar-refractivity contribution is 0.0998. The lowest BCUT2D eigenvalue weighted by Crippen LogP contribution is -2.36. The summed E-state index contributed by atoms with van der Waals surface area (Å²) in [7, 11) is 0. The Morgan fingerprint density at radius 1 is 1.06 bits per heavy atom. The fourth-order valence-corrected chi connectivity index (χ4v) is 3.73. The zero-order chi connectivity index (χ0) is 21.8. The number of benzene rings is 2. The van der Waals surface area contributed by atoms with Crippen LogP contribution in [0.15, 0.2) is 40.8 Å². The van der Waals surface area contributed by atoms with Gasteiger partial charge in [-0.1, -0.05) is 11.6 Å². The molecule has 1 saturated heterocycles. The molecule has 0 saturated carbocycles. The number of nitrogens with one attached hydrogen (secondary N) is 1. The molecule has 0 unspecified atom stereocenters. The van der Waals surface area contributed by atoms with Crippen molar-refractivity contribution >= 4 is 39.9 Å². The summed E-state index contributed by atoms with van der Waals surface area (Å²) in [6.07, 6.45) is 0. The molecule has 164 valence electrons. The van der Waals surface area contributed by atoms with Gasteiger partial charge in [0.2, 0.25) is 0 Å². The van der Waals surface area contributed by atoms with E-state index in [2.05, 4.69) is 10.2 Å². The third kappa shape index (κ3) is 4.73. The Balaban J connectivity index is 1.66. The average Bonchev–Trinajstić information content (AvgIpc) is 3.19. The van der Waals surface area contributed by atoms with E-state index in [4.69, 9.17) is 30.2 Å². The number of nitrogens with zero attached hydrogens (tertiary/aromatic N) is 1. The van der Waals surface area contributed by atoms with Crippen LogP contribution in [0.4, 0.5) is 11.4 Å². The molecule has 31 heavy (non-hydrogen) atoms. The number of ether oxygens (including phenoxy) is 3. The van der Waals surface area contributed by atoms with Crippen LogP contribution in [-0.2, 0) is 4.74 Å². The largest absolute Gasteiger partial charge is 0.492 e. The molecule has 2 aromatic carbocycles. The molecule has 1 amide bonds. The molecular weight excluding hydrogens is 420 g/mol. The molecule has 0 spiro atoms. The van der Waals surface area contributed by atoms with Crippen molar-refractivity contribution in [2.24, 2.45) is 0 Å². The Morgan fingerprint density at radius 2 is 1.81 bits per heavy atom. The van der Waals surface area contributed by atoms with Crippen LogP contribution < -0.4 is 19.7 Å². The first-order valence-corrected chi connectivity index (χ1v) is 10.7. The normalized spacial score (nSPS) is 14.0. The molecular formula is C23H25ClN2O5. The van der Waals surface area contributed by atoms with Crippen LogP contribution in [0.3, 0.4) is 0 Å². The quantitative estimate of drug-likeness (QED) is 0.554. The summed E-state index contributed by atoms with van der Waals surface area (Å²) in [4.78, 5) is 15.1. The number of anilines is 2. The number of carbonyl (C=O) groups excluding carboxylic acids is 1. The van der Waals surface area contributed by atoms with Crippen LogP contribution in [0.2, 0.25) is 5.02 Å². The van der Waals surface area contributed by atoms with Crippen molar-refractivity contribution in [1.82, 2.24) is 0 Å². The van der Waals surface area contributed by atoms with E-state index in [1.165, 1.54) is 0 Å². The van der Waals surface area contributed by atoms with E-state index in [0.29, 0.717) is 54.2 Å². The van der Waals surface area contributed by atoms with Gasteiger partial charge in [-0.2, -0.15) is 0 Å². The topological polar surface area (TPSA) is 73.2 Å². The third-order valence-electron chi connectivity index (χ3n) is 4.96. The number of morpholine rings is 1. The lowest BCUT2D eigenvalue weighted by atomic mass is 10.2. The Bertz CT molecular complexity index is 1080. The maximum absolute atomic E-state index is 12.9. The van der Waals surface area contributed by atoms with E-state index in [0.717, 1.165) is 24.2 Å². The van der Waals surface area contributed by atoms with Gasteiger partial charge in [0.1, 0.15) is 17.1 Å². The maximum Gasteiger partial charge on any atom is 0.291 e. The molecule has 1 aliphatic heterocycles. The summed E-state index contributed by atoms with van der Waals surface area (Å²) in [5, 5.41) is 4.25. The number of rotatable bonds is 7. The number of halogens is 1. The standard InChI is InChI=1S/C23H25ClN2O5/c1-3-29-20-14-18(26-7-9-28-10-8-26)21(30-4-2)13-17(20)25-23(27)22-12-15-11-16(24)5-6-19(15)31-22/h5-6,11-14H,3-4,7-10H2,1-2H3,(H,25,27). The third-order valence-corrected chi connectivity index (χ3v) is 5.20. The average molecular weight is 445 g/mol. The number of amides is 1. The van der Waals surface area contributed by atoms with Crippen molar-refractivity contribution in [3.05, 3.63) is 47.2 Å². The van der Waals surface area contributed by atoms with E-state index in [9.17, 15) is 4.79 Å². The number of carbonyl (C=O) groups is 1. The molecule has 1 N–H and O–H groups in total. The first kappa shape index (κ1) is 21.3. The van der Waals surface area contributed by atoms with E-state index in [1.807, 2.05) is 19.9 Å². The second kappa shape index (κ2) is 9.49. The minimum atomic E-state index is -0.380. The molecule has 7 nitrogen and oxygen atoms in total. The van der Waals surface area contributed by atoms with Gasteiger partial charge in [0.05, 0.1) is 37.8 Å². The van der Waals surface area contributed by atoms with Gasteiger partial charge in [0.25, 0.3) is 5.91 Å². The molecule has 3 aromatic rings. The molecule has 0 radical (unpaired) electrons. The summed E-state index contributed by atoms with van der Waals surface area (Å²) in [6, 6.07) is 10.6. The molecule has 0 atom stereocenters. The van der Waals surface area contributed by atoms with Crippen molar-refractivity contribution < 1.29 is 23.4 Å². The first-order chi connectivity index (χ1) is 15.1. The highest BCUT2D eigenvalue weighted by molar-refractivity contribution is 6.31. The van der Waals surface area contributed by atoms with Crippen molar-refractivity contribution in [1.29, 1.82) is 0 Å². The molecule has 0 aliphatic carbocycles. The summed E-state index contributed by atoms with van der Waals surface area (Å²) >= 11 is 6.03. The fraction of sp³-hybridized carbons (Fsp3) is 0.348. The molecule has 8 heteroatoms. The Kier molecular flexibility index (Phi) is 6.53. The molecule has 2 heterocycles. The highest BCUT2D eigenvalue weighted by atomic mass is 35.5. The monoisotopic (exact) mass is 444 g/mol. The minimum Gasteiger partial charge on any atom is -0.492 e. The lowest BCUT2D eigenvalue weighted by Gasteiger charge is -2.31. The van der Waals surface area contributed by atoms with Gasteiger partial charge in [0.15, 0.2) is 5.76 Å². The van der Waals surface area contributed by atoms with Crippen LogP contribution in [0, 0.1) is 0 Å². The molecule has 1 fully saturated rings. The minimum absolute atomic E-state index is 0.190. The van der Waals surface area contributed by atoms with Crippen molar-refractivity contribution in [3.8, 4) is 11.5 Å². The van der Waals surface area contributed by atoms with Gasteiger partial charge in [-0.15, -0.1) is 0 Å². The molecule has 1 aliphatic rings. The molecule has 1 aromatic heterocycles. The zero-order valence-corrected chi connectivity index (χ0v) is 18.3. The summed E-state index contributed by atoms with van der Waals surface area (Å²) in [6.45, 7) is 7.63. The predicted molar refractivity (Wildman–Crippen MR) is 121 cm³/mol. The second-order valence-corrected chi connectivity index (χ2v) is 7.46. The van der Waals surface area contributed by atoms with Crippen LogP contribution in [0.25, 0.3) is 11.0 Å². The van der Waals surface area contributed by atoms with Crippen molar-refractivity contribution in [3.63, 3.8) is 0 Å². The van der Waals surface area contributed by atoms with E-state index < -0.39 is 0 Å². The number of fused-ring (bicyclic) bond motifs is 1. The van der Waals surface area contributed by atoms with Crippen LogP contribution in [0.1, 0.15) is 24.4 Å². The van der Waals surface area contributed by atoms with Crippen LogP contribution >= 0.6 is 11.6 Å². The van der Waals surface area contributed by atoms with Gasteiger partial charge < -0.3 is 28.8 Å². The number of furan rings is 1. The highest BCUT2D eigenvalue weighted by Crippen LogP contribution is 2.39. The van der Waals surface area contributed by atoms with Crippen molar-refractivity contribution in [2.75, 3.05) is 49.7 Å². The van der Waals surface area contributed by atoms with E-state index >= 15 is 0 Å². The van der Waals surface area contributed by atoms with Crippen LogP contribution in [-0.4, -0.2) is 45.4 Å². The van der Waals surface area contributed by atoms with Gasteiger partial charge in [-0.3, -0.25) is 4.79 Å². The van der Waals surface area contributed by atoms with Gasteiger partial charge in [-0.05, 0) is 38.1 Å². The smallest absolute Gasteiger partial charge is 0.291 e. The summed E-state index contributed by atoms with van der Waals surface area (Å²) in [5.41, 5.74) is 2.04. The van der Waals surface area contributed by atoms with E-state index in [1.54, 1.807) is 30.3 Å². The van der Waals surface area contributed by atoms with E-state index in [-0.39, 0.29) is 11.7 Å². The Morgan fingerprint density at radius 3 is 2.55 bits per heavy atom. The molecule has 4 rings (SSSR count). The van der Waals surface area contributed by atoms with Crippen LogP contribution in [0.5, 0.6) is 11.5 Å². The summed E-state index contributed by atoms with van der Waals surface area (Å²) in [5.74, 6) is 1.06. The number of hydrogen-bond donors (Lipinski definition) is 1. The first-order valence-electron chi connectivity index (χ1n) is 10.4. The predicted octanol–water partition coefficient (Wildman–Crippen LogP) is 4.97. The van der Waals surface area contributed by atoms with Gasteiger partial charge >= 0.3 is 0 Å². The zero-order valence-electron chi connectivity index (χ0n) is 17.6. The van der Waals surface area contributed by atoms with Gasteiger partial charge in [-0.25, -0.2) is 0 Å². The Labute approximate surface area is 185 Å². The maximum atomic E-state index is 12.9.